The Labute approximate surface area is 146 Å². The first-order chi connectivity index (χ1) is 11.7. The highest BCUT2D eigenvalue weighted by Gasteiger charge is 2.46. The minimum Gasteiger partial charge on any atom is -0.475 e. The number of rotatable bonds is 6. The number of hydrogen-bond donors (Lipinski definition) is 1. The van der Waals surface area contributed by atoms with E-state index in [4.69, 9.17) is 4.74 Å². The summed E-state index contributed by atoms with van der Waals surface area (Å²) in [5, 5.41) is 3.10. The molecule has 0 aliphatic heterocycles. The number of carbonyl (C=O) groups is 1. The summed E-state index contributed by atoms with van der Waals surface area (Å²) in [6.07, 6.45) is -0.0531. The normalized spacial score (nSPS) is 21.0. The molecule has 0 spiro atoms. The number of amides is 1. The zero-order valence-electron chi connectivity index (χ0n) is 13.7. The first kappa shape index (κ1) is 17.8. The van der Waals surface area contributed by atoms with E-state index in [1.807, 2.05) is 17.8 Å². The van der Waals surface area contributed by atoms with Crippen LogP contribution in [-0.4, -0.2) is 28.2 Å². The molecule has 2 heterocycles. The molecule has 1 saturated carbocycles. The largest absolute Gasteiger partial charge is 0.475 e. The van der Waals surface area contributed by atoms with Gasteiger partial charge in [-0.1, -0.05) is 0 Å². The molecule has 1 amide bonds. The molecule has 136 valence electrons. The van der Waals surface area contributed by atoms with E-state index >= 15 is 0 Å². The van der Waals surface area contributed by atoms with E-state index in [1.165, 1.54) is 6.07 Å². The quantitative estimate of drug-likeness (QED) is 0.844. The molecule has 0 unspecified atom stereocenters. The third kappa shape index (κ3) is 4.33. The maximum atomic E-state index is 12.3. The summed E-state index contributed by atoms with van der Waals surface area (Å²) < 4.78 is 43.1. The van der Waals surface area contributed by atoms with Crippen LogP contribution in [0.25, 0.3) is 0 Å². The zero-order valence-corrected chi connectivity index (χ0v) is 14.5. The highest BCUT2D eigenvalue weighted by atomic mass is 32.1. The first-order valence-electron chi connectivity index (χ1n) is 7.81. The van der Waals surface area contributed by atoms with Gasteiger partial charge in [-0.05, 0) is 25.5 Å². The number of aromatic nitrogens is 2. The lowest BCUT2D eigenvalue weighted by atomic mass is 10.2. The fourth-order valence-corrected chi connectivity index (χ4v) is 3.55. The number of nitrogens with one attached hydrogen (secondary N) is 1. The van der Waals surface area contributed by atoms with Gasteiger partial charge in [0, 0.05) is 36.2 Å². The number of ether oxygens (including phenoxy) is 1. The molecule has 0 saturated heterocycles. The molecule has 1 fully saturated rings. The summed E-state index contributed by atoms with van der Waals surface area (Å²) in [6, 6.07) is 2.87. The molecule has 5 nitrogen and oxygen atoms in total. The van der Waals surface area contributed by atoms with E-state index in [1.54, 1.807) is 19.2 Å². The van der Waals surface area contributed by atoms with E-state index in [0.717, 1.165) is 28.5 Å². The van der Waals surface area contributed by atoms with Gasteiger partial charge in [-0.25, -0.2) is 4.98 Å². The monoisotopic (exact) mass is 373 g/mol. The van der Waals surface area contributed by atoms with Crippen molar-refractivity contribution in [3.05, 3.63) is 35.2 Å². The minimum atomic E-state index is -4.37. The highest BCUT2D eigenvalue weighted by Crippen LogP contribution is 2.47. The van der Waals surface area contributed by atoms with Crippen LogP contribution >= 0.6 is 11.3 Å². The van der Waals surface area contributed by atoms with Crippen molar-refractivity contribution in [3.63, 3.8) is 0 Å². The molecule has 1 aliphatic carbocycles. The fourth-order valence-electron chi connectivity index (χ4n) is 2.69. The Kier molecular flexibility index (Phi) is 4.77. The lowest BCUT2D eigenvalue weighted by molar-refractivity contribution is -0.152. The Hall–Kier alpha value is -2.03. The van der Waals surface area contributed by atoms with Crippen molar-refractivity contribution >= 4 is 17.2 Å². The average Bonchev–Trinajstić information content (AvgIpc) is 2.97. The van der Waals surface area contributed by atoms with Crippen molar-refractivity contribution in [3.8, 4) is 5.06 Å². The third-order valence-corrected chi connectivity index (χ3v) is 5.26. The second kappa shape index (κ2) is 6.70. The van der Waals surface area contributed by atoms with Crippen LogP contribution in [0, 0.1) is 5.92 Å². The molecule has 0 bridgehead atoms. The van der Waals surface area contributed by atoms with Crippen molar-refractivity contribution in [1.29, 1.82) is 0 Å². The first-order valence-corrected chi connectivity index (χ1v) is 8.63. The second-order valence-electron chi connectivity index (χ2n) is 6.14. The molecule has 9 heteroatoms. The van der Waals surface area contributed by atoms with Gasteiger partial charge >= 0.3 is 6.18 Å². The van der Waals surface area contributed by atoms with Gasteiger partial charge in [-0.15, -0.1) is 11.3 Å². The number of thiophene rings is 1. The van der Waals surface area contributed by atoms with Crippen molar-refractivity contribution in [2.45, 2.75) is 31.5 Å². The maximum Gasteiger partial charge on any atom is 0.422 e. The molecule has 2 aromatic rings. The van der Waals surface area contributed by atoms with Gasteiger partial charge in [0.1, 0.15) is 5.82 Å². The fraction of sp³-hybridized carbons (Fsp3) is 0.500. The lowest BCUT2D eigenvalue weighted by Gasteiger charge is -2.12. The summed E-state index contributed by atoms with van der Waals surface area (Å²) in [5.74, 6) is 0.851. The number of carbonyl (C=O) groups excluding carboxylic acids is 1. The Bertz CT molecular complexity index is 756. The van der Waals surface area contributed by atoms with Crippen molar-refractivity contribution in [2.24, 2.45) is 13.0 Å². The number of halogens is 3. The van der Waals surface area contributed by atoms with Gasteiger partial charge in [0.15, 0.2) is 11.7 Å². The Morgan fingerprint density at radius 2 is 2.28 bits per heavy atom. The summed E-state index contributed by atoms with van der Waals surface area (Å²) in [7, 11) is 1.90. The zero-order chi connectivity index (χ0) is 18.2. The van der Waals surface area contributed by atoms with Crippen LogP contribution in [0.4, 0.5) is 13.2 Å². The van der Waals surface area contributed by atoms with E-state index in [0.29, 0.717) is 0 Å². The smallest absolute Gasteiger partial charge is 0.422 e. The van der Waals surface area contributed by atoms with E-state index in [2.05, 4.69) is 10.3 Å². The molecular weight excluding hydrogens is 355 g/mol. The SMILES string of the molecule is C[C@@H](NC(=O)[C@@H]1C[C@H]1c1nccn1C)c1ccc(OCC(F)(F)F)s1. The molecule has 1 N–H and O–H groups in total. The van der Waals surface area contributed by atoms with Gasteiger partial charge in [0.2, 0.25) is 5.91 Å². The van der Waals surface area contributed by atoms with Crippen LogP contribution in [0.3, 0.4) is 0 Å². The molecule has 1 aliphatic rings. The van der Waals surface area contributed by atoms with E-state index in [9.17, 15) is 18.0 Å². The number of imidazole rings is 1. The third-order valence-electron chi connectivity index (χ3n) is 4.08. The number of alkyl halides is 3. The standard InChI is InChI=1S/C16H18F3N3O2S/c1-9(12-3-4-13(25-12)24-8-16(17,18)19)21-15(23)11-7-10(11)14-20-5-6-22(14)2/h3-6,9-11H,7-8H2,1-2H3,(H,21,23)/t9-,10-,11-/m1/s1. The van der Waals surface area contributed by atoms with E-state index < -0.39 is 12.8 Å². The van der Waals surface area contributed by atoms with Gasteiger partial charge in [-0.3, -0.25) is 4.79 Å². The molecule has 2 aromatic heterocycles. The second-order valence-corrected chi connectivity index (χ2v) is 7.21. The summed E-state index contributed by atoms with van der Waals surface area (Å²) >= 11 is 1.10. The Morgan fingerprint density at radius 3 is 2.92 bits per heavy atom. The molecule has 3 rings (SSSR count). The minimum absolute atomic E-state index is 0.0633. The van der Waals surface area contributed by atoms with Crippen LogP contribution in [0.5, 0.6) is 5.06 Å². The van der Waals surface area contributed by atoms with Gasteiger partial charge in [0.25, 0.3) is 0 Å². The maximum absolute atomic E-state index is 12.3. The van der Waals surface area contributed by atoms with Crippen LogP contribution < -0.4 is 10.1 Å². The molecular formula is C16H18F3N3O2S. The van der Waals surface area contributed by atoms with Crippen LogP contribution in [0.2, 0.25) is 0 Å². The van der Waals surface area contributed by atoms with Crippen molar-refractivity contribution < 1.29 is 22.7 Å². The highest BCUT2D eigenvalue weighted by molar-refractivity contribution is 7.13. The van der Waals surface area contributed by atoms with Gasteiger partial charge in [0.05, 0.1) is 6.04 Å². The van der Waals surface area contributed by atoms with Crippen molar-refractivity contribution in [1.82, 2.24) is 14.9 Å². The van der Waals surface area contributed by atoms with E-state index in [-0.39, 0.29) is 28.8 Å². The summed E-state index contributed by atoms with van der Waals surface area (Å²) in [5.41, 5.74) is 0. The number of hydrogen-bond acceptors (Lipinski definition) is 4. The molecule has 25 heavy (non-hydrogen) atoms. The Morgan fingerprint density at radius 1 is 1.52 bits per heavy atom. The van der Waals surface area contributed by atoms with Gasteiger partial charge in [-0.2, -0.15) is 13.2 Å². The Balaban J connectivity index is 1.53. The summed E-state index contributed by atoms with van der Waals surface area (Å²) in [4.78, 5) is 17.4. The van der Waals surface area contributed by atoms with Crippen molar-refractivity contribution in [2.75, 3.05) is 6.61 Å². The predicted octanol–water partition coefficient (Wildman–Crippen LogP) is 3.40. The number of aryl methyl sites for hydroxylation is 1. The number of nitrogens with zero attached hydrogens (tertiary/aromatic N) is 2. The molecule has 3 atom stereocenters. The average molecular weight is 373 g/mol. The predicted molar refractivity (Wildman–Crippen MR) is 86.5 cm³/mol. The lowest BCUT2D eigenvalue weighted by Crippen LogP contribution is -2.28. The van der Waals surface area contributed by atoms with Crippen LogP contribution in [-0.2, 0) is 11.8 Å². The van der Waals surface area contributed by atoms with Crippen LogP contribution in [0.1, 0.15) is 36.0 Å². The topological polar surface area (TPSA) is 56.2 Å². The molecule has 0 radical (unpaired) electrons. The summed E-state index contributed by atoms with van der Waals surface area (Å²) in [6.45, 7) is 0.483. The van der Waals surface area contributed by atoms with Gasteiger partial charge < -0.3 is 14.6 Å². The van der Waals surface area contributed by atoms with Crippen LogP contribution in [0.15, 0.2) is 24.5 Å². The molecule has 0 aromatic carbocycles.